The summed E-state index contributed by atoms with van der Waals surface area (Å²) in [6, 6.07) is 19.5. The minimum atomic E-state index is -0.0987. The molecule has 22 heavy (non-hydrogen) atoms. The molecule has 1 amide bonds. The predicted octanol–water partition coefficient (Wildman–Crippen LogP) is 3.97. The molecule has 2 aromatic carbocycles. The van der Waals surface area contributed by atoms with Gasteiger partial charge < -0.3 is 10.1 Å². The number of carbonyl (C=O) groups excluding carboxylic acids is 1. The van der Waals surface area contributed by atoms with E-state index >= 15 is 0 Å². The highest BCUT2D eigenvalue weighted by Crippen LogP contribution is 2.21. The van der Waals surface area contributed by atoms with E-state index in [4.69, 9.17) is 4.74 Å². The average molecular weight is 297 g/mol. The third kappa shape index (κ3) is 5.24. The molecule has 116 valence electrons. The van der Waals surface area contributed by atoms with Crippen LogP contribution >= 0.6 is 0 Å². The first-order chi connectivity index (χ1) is 10.6. The molecule has 0 unspecified atom stereocenters. The van der Waals surface area contributed by atoms with Crippen molar-refractivity contribution in [3.8, 4) is 5.75 Å². The highest BCUT2D eigenvalue weighted by molar-refractivity contribution is 5.78. The zero-order valence-corrected chi connectivity index (χ0v) is 13.2. The average Bonchev–Trinajstić information content (AvgIpc) is 2.54. The Morgan fingerprint density at radius 1 is 1.00 bits per heavy atom. The Morgan fingerprint density at radius 2 is 1.59 bits per heavy atom. The molecular weight excluding hydrogens is 274 g/mol. The smallest absolute Gasteiger partial charge is 0.258 e. The van der Waals surface area contributed by atoms with Gasteiger partial charge in [0.1, 0.15) is 5.75 Å². The summed E-state index contributed by atoms with van der Waals surface area (Å²) >= 11 is 0. The molecule has 3 heteroatoms. The lowest BCUT2D eigenvalue weighted by Crippen LogP contribution is -2.33. The minimum absolute atomic E-state index is 0.0214. The number of ether oxygens (including phenoxy) is 1. The Bertz CT molecular complexity index is 567. The van der Waals surface area contributed by atoms with Gasteiger partial charge in [-0.1, -0.05) is 62.4 Å². The monoisotopic (exact) mass is 297 g/mol. The Kier molecular flexibility index (Phi) is 6.01. The third-order valence-corrected chi connectivity index (χ3v) is 3.36. The summed E-state index contributed by atoms with van der Waals surface area (Å²) < 4.78 is 5.50. The number of amides is 1. The van der Waals surface area contributed by atoms with E-state index < -0.39 is 0 Å². The molecule has 0 aliphatic rings. The molecule has 0 saturated carbocycles. The van der Waals surface area contributed by atoms with Crippen molar-refractivity contribution in [2.24, 2.45) is 5.92 Å². The Labute approximate surface area is 132 Å². The number of rotatable bonds is 7. The van der Waals surface area contributed by atoms with E-state index in [-0.39, 0.29) is 18.6 Å². The normalized spacial score (nSPS) is 12.0. The summed E-state index contributed by atoms with van der Waals surface area (Å²) in [4.78, 5) is 12.1. The Morgan fingerprint density at radius 3 is 2.18 bits per heavy atom. The molecule has 0 aliphatic carbocycles. The van der Waals surface area contributed by atoms with E-state index in [2.05, 4.69) is 19.2 Å². The van der Waals surface area contributed by atoms with Gasteiger partial charge in [0, 0.05) is 0 Å². The fourth-order valence-corrected chi connectivity index (χ4v) is 2.34. The van der Waals surface area contributed by atoms with E-state index in [9.17, 15) is 4.79 Å². The summed E-state index contributed by atoms with van der Waals surface area (Å²) in [7, 11) is 0. The summed E-state index contributed by atoms with van der Waals surface area (Å²) in [5.41, 5.74) is 1.13. The number of benzene rings is 2. The summed E-state index contributed by atoms with van der Waals surface area (Å²) in [6.45, 7) is 4.34. The lowest BCUT2D eigenvalue weighted by atomic mass is 9.97. The topological polar surface area (TPSA) is 38.3 Å². The van der Waals surface area contributed by atoms with E-state index in [1.54, 1.807) is 0 Å². The first-order valence-corrected chi connectivity index (χ1v) is 7.67. The van der Waals surface area contributed by atoms with Crippen LogP contribution in [-0.4, -0.2) is 12.5 Å². The van der Waals surface area contributed by atoms with Gasteiger partial charge in [0.05, 0.1) is 6.04 Å². The van der Waals surface area contributed by atoms with Gasteiger partial charge in [0.2, 0.25) is 0 Å². The third-order valence-electron chi connectivity index (χ3n) is 3.36. The van der Waals surface area contributed by atoms with Crippen molar-refractivity contribution in [3.05, 3.63) is 66.2 Å². The van der Waals surface area contributed by atoms with Gasteiger partial charge in [-0.15, -0.1) is 0 Å². The van der Waals surface area contributed by atoms with Gasteiger partial charge >= 0.3 is 0 Å². The molecule has 2 aromatic rings. The van der Waals surface area contributed by atoms with Crippen LogP contribution in [0.5, 0.6) is 5.75 Å². The molecule has 0 aliphatic heterocycles. The van der Waals surface area contributed by atoms with Crippen molar-refractivity contribution < 1.29 is 9.53 Å². The highest BCUT2D eigenvalue weighted by Gasteiger charge is 2.16. The standard InChI is InChI=1S/C19H23NO2/c1-15(2)13-18(16-9-5-3-6-10-16)20-19(21)14-22-17-11-7-4-8-12-17/h3-12,15,18H,13-14H2,1-2H3,(H,20,21)/t18-/m0/s1. The zero-order valence-electron chi connectivity index (χ0n) is 13.2. The molecular formula is C19H23NO2. The second-order valence-electron chi connectivity index (χ2n) is 5.76. The highest BCUT2D eigenvalue weighted by atomic mass is 16.5. The number of carbonyl (C=O) groups is 1. The molecule has 0 aromatic heterocycles. The summed E-state index contributed by atoms with van der Waals surface area (Å²) in [5, 5.41) is 3.07. The number of hydrogen-bond donors (Lipinski definition) is 1. The van der Waals surface area contributed by atoms with E-state index in [1.165, 1.54) is 0 Å². The van der Waals surface area contributed by atoms with E-state index in [0.717, 1.165) is 12.0 Å². The lowest BCUT2D eigenvalue weighted by molar-refractivity contribution is -0.124. The molecule has 2 rings (SSSR count). The number of hydrogen-bond acceptors (Lipinski definition) is 2. The van der Waals surface area contributed by atoms with Gasteiger partial charge in [-0.05, 0) is 30.0 Å². The lowest BCUT2D eigenvalue weighted by Gasteiger charge is -2.21. The molecule has 0 radical (unpaired) electrons. The van der Waals surface area contributed by atoms with Crippen LogP contribution < -0.4 is 10.1 Å². The number of nitrogens with one attached hydrogen (secondary N) is 1. The van der Waals surface area contributed by atoms with Gasteiger partial charge in [-0.3, -0.25) is 4.79 Å². The van der Waals surface area contributed by atoms with Crippen molar-refractivity contribution >= 4 is 5.91 Å². The number of para-hydroxylation sites is 1. The molecule has 0 heterocycles. The SMILES string of the molecule is CC(C)C[C@H](NC(=O)COc1ccccc1)c1ccccc1. The van der Waals surface area contributed by atoms with E-state index in [0.29, 0.717) is 11.7 Å². The van der Waals surface area contributed by atoms with Gasteiger partial charge in [0.25, 0.3) is 5.91 Å². The van der Waals surface area contributed by atoms with Crippen molar-refractivity contribution in [1.29, 1.82) is 0 Å². The quantitative estimate of drug-likeness (QED) is 0.840. The first kappa shape index (κ1) is 16.1. The molecule has 0 fully saturated rings. The van der Waals surface area contributed by atoms with Gasteiger partial charge in [-0.2, -0.15) is 0 Å². The maximum absolute atomic E-state index is 12.1. The van der Waals surface area contributed by atoms with Crippen LogP contribution in [0.1, 0.15) is 31.9 Å². The van der Waals surface area contributed by atoms with Crippen molar-refractivity contribution in [2.75, 3.05) is 6.61 Å². The van der Waals surface area contributed by atoms with Crippen LogP contribution in [0.25, 0.3) is 0 Å². The second kappa shape index (κ2) is 8.23. The fraction of sp³-hybridized carbons (Fsp3) is 0.316. The molecule has 1 atom stereocenters. The van der Waals surface area contributed by atoms with Crippen LogP contribution in [0.15, 0.2) is 60.7 Å². The molecule has 0 saturated heterocycles. The molecule has 3 nitrogen and oxygen atoms in total. The molecule has 0 bridgehead atoms. The van der Waals surface area contributed by atoms with Crippen molar-refractivity contribution in [2.45, 2.75) is 26.3 Å². The first-order valence-electron chi connectivity index (χ1n) is 7.67. The maximum atomic E-state index is 12.1. The van der Waals surface area contributed by atoms with Crippen LogP contribution in [0.4, 0.5) is 0 Å². The van der Waals surface area contributed by atoms with Crippen LogP contribution in [0.2, 0.25) is 0 Å². The summed E-state index contributed by atoms with van der Waals surface area (Å²) in [6.07, 6.45) is 0.904. The maximum Gasteiger partial charge on any atom is 0.258 e. The zero-order chi connectivity index (χ0) is 15.8. The Hall–Kier alpha value is -2.29. The van der Waals surface area contributed by atoms with Crippen molar-refractivity contribution in [3.63, 3.8) is 0 Å². The predicted molar refractivity (Wildman–Crippen MR) is 88.7 cm³/mol. The Balaban J connectivity index is 1.93. The minimum Gasteiger partial charge on any atom is -0.484 e. The molecule has 0 spiro atoms. The van der Waals surface area contributed by atoms with E-state index in [1.807, 2.05) is 60.7 Å². The largest absolute Gasteiger partial charge is 0.484 e. The van der Waals surface area contributed by atoms with Gasteiger partial charge in [-0.25, -0.2) is 0 Å². The molecule has 1 N–H and O–H groups in total. The summed E-state index contributed by atoms with van der Waals surface area (Å²) in [5.74, 6) is 1.11. The fourth-order valence-electron chi connectivity index (χ4n) is 2.34. The van der Waals surface area contributed by atoms with Gasteiger partial charge in [0.15, 0.2) is 6.61 Å². The van der Waals surface area contributed by atoms with Crippen LogP contribution in [-0.2, 0) is 4.79 Å². The second-order valence-corrected chi connectivity index (χ2v) is 5.76. The van der Waals surface area contributed by atoms with Crippen LogP contribution in [0.3, 0.4) is 0 Å². The van der Waals surface area contributed by atoms with Crippen molar-refractivity contribution in [1.82, 2.24) is 5.32 Å². The van der Waals surface area contributed by atoms with Crippen LogP contribution in [0, 0.1) is 5.92 Å².